The van der Waals surface area contributed by atoms with Crippen molar-refractivity contribution < 1.29 is 26.7 Å². The number of sulfonamides is 2. The summed E-state index contributed by atoms with van der Waals surface area (Å²) < 4.78 is 57.4. The molecule has 44 heavy (non-hydrogen) atoms. The third-order valence-corrected chi connectivity index (χ3v) is 15.7. The summed E-state index contributed by atoms with van der Waals surface area (Å²) in [6, 6.07) is 1.86. The minimum Gasteiger partial charge on any atom is -0.480 e. The Balaban J connectivity index is 1.21. The van der Waals surface area contributed by atoms with Crippen LogP contribution in [-0.2, 0) is 24.8 Å². The number of thioether (sulfide) groups is 1. The number of anilines is 1. The van der Waals surface area contributed by atoms with Gasteiger partial charge in [-0.05, 0) is 99.9 Å². The highest BCUT2D eigenvalue weighted by Crippen LogP contribution is 2.37. The van der Waals surface area contributed by atoms with Crippen LogP contribution in [-0.4, -0.2) is 81.4 Å². The summed E-state index contributed by atoms with van der Waals surface area (Å²) in [5.41, 5.74) is 0. The lowest BCUT2D eigenvalue weighted by Crippen LogP contribution is -2.41. The standard InChI is InChI=1S/C27H37Br2ClN4O6S4/c1-41-14-9-23(27(35)36)32-43(37,38)20-15-22(29)26(31-17-20)33-10-5-18(6-11-33)3-2-4-19-7-12-34(13-8-19)44(39,40)24-16-21(28)25(30)42-24/h15-19,23,32H,2-14H2,1H3,(H,35,36). The van der Waals surface area contributed by atoms with Crippen LogP contribution in [0.5, 0.6) is 0 Å². The molecule has 2 N–H and O–H groups in total. The largest absolute Gasteiger partial charge is 0.480 e. The highest BCUT2D eigenvalue weighted by Gasteiger charge is 2.32. The highest BCUT2D eigenvalue weighted by molar-refractivity contribution is 9.11. The molecule has 2 aliphatic heterocycles. The van der Waals surface area contributed by atoms with Gasteiger partial charge >= 0.3 is 5.97 Å². The molecule has 0 radical (unpaired) electrons. The van der Waals surface area contributed by atoms with Gasteiger partial charge in [0, 0.05) is 36.8 Å². The van der Waals surface area contributed by atoms with Crippen LogP contribution >= 0.6 is 66.6 Å². The Kier molecular flexibility index (Phi) is 13.3. The number of carbonyl (C=O) groups is 1. The van der Waals surface area contributed by atoms with E-state index in [0.29, 0.717) is 49.8 Å². The molecule has 2 aromatic heterocycles. The van der Waals surface area contributed by atoms with Crippen molar-refractivity contribution in [1.82, 2.24) is 14.0 Å². The summed E-state index contributed by atoms with van der Waals surface area (Å²) in [6.07, 6.45) is 10.4. The lowest BCUT2D eigenvalue weighted by molar-refractivity contribution is -0.139. The Morgan fingerprint density at radius 3 is 2.23 bits per heavy atom. The first-order valence-electron chi connectivity index (χ1n) is 14.4. The van der Waals surface area contributed by atoms with E-state index in [2.05, 4.69) is 46.5 Å². The van der Waals surface area contributed by atoms with Crippen molar-refractivity contribution >= 4 is 98.4 Å². The van der Waals surface area contributed by atoms with Crippen LogP contribution in [0.3, 0.4) is 0 Å². The number of hydrogen-bond acceptors (Lipinski definition) is 9. The number of rotatable bonds is 14. The van der Waals surface area contributed by atoms with Crippen LogP contribution in [0.4, 0.5) is 5.82 Å². The lowest BCUT2D eigenvalue weighted by Gasteiger charge is -2.34. The summed E-state index contributed by atoms with van der Waals surface area (Å²) in [5.74, 6) is 1.12. The van der Waals surface area contributed by atoms with Gasteiger partial charge in [0.1, 0.15) is 25.3 Å². The topological polar surface area (TPSA) is 137 Å². The second-order valence-corrected chi connectivity index (χ2v) is 19.4. The van der Waals surface area contributed by atoms with E-state index in [4.69, 9.17) is 11.6 Å². The second kappa shape index (κ2) is 16.1. The maximum Gasteiger partial charge on any atom is 0.321 e. The smallest absolute Gasteiger partial charge is 0.321 e. The summed E-state index contributed by atoms with van der Waals surface area (Å²) >= 11 is 15.4. The van der Waals surface area contributed by atoms with Crippen LogP contribution in [0, 0.1) is 11.8 Å². The van der Waals surface area contributed by atoms with E-state index < -0.39 is 32.1 Å². The van der Waals surface area contributed by atoms with Crippen molar-refractivity contribution in [2.45, 2.75) is 66.5 Å². The monoisotopic (exact) mass is 834 g/mol. The molecule has 2 aliphatic rings. The number of halogens is 3. The van der Waals surface area contributed by atoms with Crippen molar-refractivity contribution in [2.24, 2.45) is 11.8 Å². The normalized spacial score (nSPS) is 18.5. The zero-order chi connectivity index (χ0) is 32.1. The predicted octanol–water partition coefficient (Wildman–Crippen LogP) is 6.29. The number of carboxylic acid groups (broad SMARTS) is 1. The minimum atomic E-state index is -4.05. The van der Waals surface area contributed by atoms with E-state index in [-0.39, 0.29) is 15.5 Å². The number of carboxylic acids is 1. The van der Waals surface area contributed by atoms with Crippen molar-refractivity contribution in [3.63, 3.8) is 0 Å². The average Bonchev–Trinajstić information content (AvgIpc) is 3.34. The van der Waals surface area contributed by atoms with Gasteiger partial charge in [0.2, 0.25) is 10.0 Å². The highest BCUT2D eigenvalue weighted by atomic mass is 79.9. The molecule has 1 atom stereocenters. The molecule has 246 valence electrons. The number of hydrogen-bond donors (Lipinski definition) is 2. The van der Waals surface area contributed by atoms with E-state index in [1.54, 1.807) is 10.4 Å². The molecule has 2 aromatic rings. The maximum absolute atomic E-state index is 13.0. The molecule has 2 fully saturated rings. The molecule has 0 aliphatic carbocycles. The molecule has 4 heterocycles. The van der Waals surface area contributed by atoms with E-state index in [0.717, 1.165) is 69.4 Å². The molecule has 1 unspecified atom stereocenters. The number of thiophene rings is 1. The fraction of sp³-hybridized carbons (Fsp3) is 0.630. The number of piperidine rings is 2. The van der Waals surface area contributed by atoms with Gasteiger partial charge in [-0.15, -0.1) is 11.3 Å². The molecule has 0 spiro atoms. The molecule has 0 saturated carbocycles. The Morgan fingerprint density at radius 1 is 1.09 bits per heavy atom. The fourth-order valence-electron chi connectivity index (χ4n) is 5.66. The van der Waals surface area contributed by atoms with Crippen LogP contribution in [0.25, 0.3) is 0 Å². The fourth-order valence-corrected chi connectivity index (χ4v) is 12.0. The Morgan fingerprint density at radius 2 is 1.70 bits per heavy atom. The van der Waals surface area contributed by atoms with E-state index in [9.17, 15) is 26.7 Å². The Labute approximate surface area is 290 Å². The minimum absolute atomic E-state index is 0.0779. The summed E-state index contributed by atoms with van der Waals surface area (Å²) in [4.78, 5) is 18.0. The molecule has 0 aromatic carbocycles. The van der Waals surface area contributed by atoms with Gasteiger partial charge in [-0.25, -0.2) is 21.8 Å². The van der Waals surface area contributed by atoms with Crippen LogP contribution in [0.1, 0.15) is 51.4 Å². The SMILES string of the molecule is CSCCC(NS(=O)(=O)c1cnc(N2CCC(CCCC3CCN(S(=O)(=O)c4cc(Br)c(Cl)s4)CC3)CC2)c(Br)c1)C(=O)O. The van der Waals surface area contributed by atoms with Crippen molar-refractivity contribution in [3.05, 3.63) is 31.6 Å². The number of nitrogens with zero attached hydrogens (tertiary/aromatic N) is 3. The summed E-state index contributed by atoms with van der Waals surface area (Å²) in [6.45, 7) is 2.70. The first-order valence-corrected chi connectivity index (χ1v) is 21.5. The molecular formula is C27H37Br2ClN4O6S4. The van der Waals surface area contributed by atoms with Gasteiger partial charge in [0.15, 0.2) is 0 Å². The number of nitrogens with one attached hydrogen (secondary N) is 1. The van der Waals surface area contributed by atoms with Crippen LogP contribution in [0.15, 0.2) is 36.4 Å². The van der Waals surface area contributed by atoms with Gasteiger partial charge < -0.3 is 10.0 Å². The van der Waals surface area contributed by atoms with E-state index >= 15 is 0 Å². The van der Waals surface area contributed by atoms with E-state index in [1.807, 2.05) is 6.26 Å². The Hall–Kier alpha value is -0.460. The molecule has 0 amide bonds. The zero-order valence-corrected chi connectivity index (χ0v) is 31.4. The Bertz CT molecular complexity index is 1490. The third-order valence-electron chi connectivity index (χ3n) is 8.24. The lowest BCUT2D eigenvalue weighted by atomic mass is 9.87. The molecule has 2 saturated heterocycles. The van der Waals surface area contributed by atoms with Crippen LogP contribution < -0.4 is 9.62 Å². The zero-order valence-electron chi connectivity index (χ0n) is 24.3. The van der Waals surface area contributed by atoms with Crippen molar-refractivity contribution in [1.29, 1.82) is 0 Å². The van der Waals surface area contributed by atoms with Gasteiger partial charge in [0.25, 0.3) is 10.0 Å². The van der Waals surface area contributed by atoms with Crippen molar-refractivity contribution in [3.8, 4) is 0 Å². The third kappa shape index (κ3) is 9.33. The number of aromatic nitrogens is 1. The van der Waals surface area contributed by atoms with Crippen molar-refractivity contribution in [2.75, 3.05) is 43.1 Å². The molecule has 17 heteroatoms. The second-order valence-electron chi connectivity index (χ2n) is 11.2. The van der Waals surface area contributed by atoms with Gasteiger partial charge in [-0.1, -0.05) is 30.9 Å². The molecule has 0 bridgehead atoms. The predicted molar refractivity (Wildman–Crippen MR) is 184 cm³/mol. The van der Waals surface area contributed by atoms with E-state index in [1.165, 1.54) is 24.0 Å². The van der Waals surface area contributed by atoms with Gasteiger partial charge in [-0.3, -0.25) is 4.79 Å². The maximum atomic E-state index is 13.0. The molecular weight excluding hydrogens is 800 g/mol. The van der Waals surface area contributed by atoms with Gasteiger partial charge in [-0.2, -0.15) is 20.8 Å². The number of aliphatic carboxylic acids is 1. The average molecular weight is 837 g/mol. The first-order chi connectivity index (χ1) is 20.8. The quantitative estimate of drug-likeness (QED) is 0.225. The summed E-state index contributed by atoms with van der Waals surface area (Å²) in [7, 11) is -7.56. The first kappa shape index (κ1) is 36.4. The summed E-state index contributed by atoms with van der Waals surface area (Å²) in [5, 5.41) is 9.41. The molecule has 10 nitrogen and oxygen atoms in total. The van der Waals surface area contributed by atoms with Crippen LogP contribution in [0.2, 0.25) is 4.34 Å². The number of pyridine rings is 1. The molecule has 4 rings (SSSR count). The van der Waals surface area contributed by atoms with Gasteiger partial charge in [0.05, 0.1) is 4.47 Å².